The van der Waals surface area contributed by atoms with Crippen molar-refractivity contribution in [1.29, 1.82) is 0 Å². The molecule has 2 heterocycles. The van der Waals surface area contributed by atoms with E-state index in [1.165, 1.54) is 12.1 Å². The van der Waals surface area contributed by atoms with Crippen molar-refractivity contribution in [3.05, 3.63) is 71.4 Å². The topological polar surface area (TPSA) is 94.7 Å². The zero-order valence-electron chi connectivity index (χ0n) is 22.7. The van der Waals surface area contributed by atoms with E-state index in [0.717, 1.165) is 28.6 Å². The lowest BCUT2D eigenvalue weighted by atomic mass is 10.0. The highest BCUT2D eigenvalue weighted by atomic mass is 19.4. The summed E-state index contributed by atoms with van der Waals surface area (Å²) in [7, 11) is 0. The third-order valence-corrected chi connectivity index (χ3v) is 6.62. The van der Waals surface area contributed by atoms with Crippen LogP contribution in [-0.4, -0.2) is 70.5 Å². The molecule has 40 heavy (non-hydrogen) atoms. The summed E-state index contributed by atoms with van der Waals surface area (Å²) in [5.41, 5.74) is 0.706. The fourth-order valence-electron chi connectivity index (χ4n) is 4.62. The second-order valence-electron chi connectivity index (χ2n) is 10.8. The Kier molecular flexibility index (Phi) is 8.41. The minimum Gasteiger partial charge on any atom is -0.444 e. The summed E-state index contributed by atoms with van der Waals surface area (Å²) in [6, 6.07) is 11.1. The third kappa shape index (κ3) is 7.34. The molecule has 0 radical (unpaired) electrons. The average molecular weight is 559 g/mol. The van der Waals surface area contributed by atoms with Crippen molar-refractivity contribution >= 4 is 28.8 Å². The number of piperazine rings is 1. The van der Waals surface area contributed by atoms with Crippen LogP contribution in [-0.2, 0) is 33.3 Å². The van der Waals surface area contributed by atoms with E-state index < -0.39 is 35.4 Å². The molecule has 8 nitrogen and oxygen atoms in total. The Morgan fingerprint density at radius 3 is 2.20 bits per heavy atom. The molecule has 4 rings (SSSR count). The molecule has 0 bridgehead atoms. The number of nitrogens with one attached hydrogen (secondary N) is 2. The van der Waals surface area contributed by atoms with E-state index in [4.69, 9.17) is 4.74 Å². The zero-order chi connectivity index (χ0) is 29.1. The number of aromatic nitrogens is 1. The number of nitrogens with zero attached hydrogens (tertiary/aromatic N) is 2. The Morgan fingerprint density at radius 2 is 1.57 bits per heavy atom. The van der Waals surface area contributed by atoms with Crippen molar-refractivity contribution in [2.45, 2.75) is 51.4 Å². The minimum absolute atomic E-state index is 0.178. The molecule has 2 N–H and O–H groups in total. The van der Waals surface area contributed by atoms with Gasteiger partial charge in [0.05, 0.1) is 12.0 Å². The molecule has 3 aromatic rings. The number of fused-ring (bicyclic) bond motifs is 1. The molecule has 214 valence electrons. The number of carbonyl (C=O) groups excluding carboxylic acids is 3. The number of amides is 3. The molecule has 1 aliphatic rings. The number of rotatable bonds is 6. The highest BCUT2D eigenvalue weighted by molar-refractivity contribution is 5.90. The van der Waals surface area contributed by atoms with Gasteiger partial charge in [-0.1, -0.05) is 30.3 Å². The Balaban J connectivity index is 1.46. The molecular formula is C29H33F3N4O4. The van der Waals surface area contributed by atoms with Crippen LogP contribution >= 0.6 is 0 Å². The SMILES string of the molecule is CC(C)(C)OC(=O)N1CCN(C(=O)[C@H](Cc2c[nH]c3ccccc23)NC(=O)Cc2ccc(C(F)(F)F)cc2)CC1. The number of carbonyl (C=O) groups is 3. The standard InChI is InChI=1S/C29H33F3N4O4/c1-28(2,3)40-27(39)36-14-12-35(13-15-36)26(38)24(17-20-18-33-23-7-5-4-6-22(20)23)34-25(37)16-19-8-10-21(11-9-19)29(30,31)32/h4-11,18,24,33H,12-17H2,1-3H3,(H,34,37)/t24-/m0/s1. The highest BCUT2D eigenvalue weighted by Crippen LogP contribution is 2.29. The summed E-state index contributed by atoms with van der Waals surface area (Å²) in [6.07, 6.45) is -3.07. The Bertz CT molecular complexity index is 1350. The Labute approximate surface area is 230 Å². The molecule has 1 aliphatic heterocycles. The molecule has 1 fully saturated rings. The molecule has 1 saturated heterocycles. The van der Waals surface area contributed by atoms with Crippen molar-refractivity contribution in [2.75, 3.05) is 26.2 Å². The second-order valence-corrected chi connectivity index (χ2v) is 10.8. The molecule has 0 spiro atoms. The number of para-hydroxylation sites is 1. The maximum atomic E-state index is 13.7. The monoisotopic (exact) mass is 558 g/mol. The van der Waals surface area contributed by atoms with Crippen LogP contribution in [0.25, 0.3) is 10.9 Å². The van der Waals surface area contributed by atoms with E-state index in [1.807, 2.05) is 24.3 Å². The summed E-state index contributed by atoms with van der Waals surface area (Å²) in [5.74, 6) is -0.778. The van der Waals surface area contributed by atoms with Gasteiger partial charge in [-0.3, -0.25) is 9.59 Å². The van der Waals surface area contributed by atoms with Crippen molar-refractivity contribution in [3.63, 3.8) is 0 Å². The number of benzene rings is 2. The van der Waals surface area contributed by atoms with E-state index >= 15 is 0 Å². The maximum absolute atomic E-state index is 13.7. The van der Waals surface area contributed by atoms with Gasteiger partial charge in [-0.05, 0) is 50.1 Å². The van der Waals surface area contributed by atoms with Gasteiger partial charge in [0, 0.05) is 49.7 Å². The lowest BCUT2D eigenvalue weighted by Crippen LogP contribution is -2.56. The van der Waals surface area contributed by atoms with Crippen LogP contribution < -0.4 is 5.32 Å². The normalized spacial score (nSPS) is 15.2. The lowest BCUT2D eigenvalue weighted by Gasteiger charge is -2.37. The molecule has 11 heteroatoms. The Hall–Kier alpha value is -4.02. The summed E-state index contributed by atoms with van der Waals surface area (Å²) >= 11 is 0. The zero-order valence-corrected chi connectivity index (χ0v) is 22.7. The second kappa shape index (κ2) is 11.6. The van der Waals surface area contributed by atoms with Gasteiger partial charge in [-0.2, -0.15) is 13.2 Å². The van der Waals surface area contributed by atoms with Gasteiger partial charge in [0.25, 0.3) is 0 Å². The fraction of sp³-hybridized carbons (Fsp3) is 0.414. The summed E-state index contributed by atoms with van der Waals surface area (Å²) in [5, 5.41) is 3.73. The highest BCUT2D eigenvalue weighted by Gasteiger charge is 2.33. The van der Waals surface area contributed by atoms with Crippen LogP contribution in [0.3, 0.4) is 0 Å². The number of aromatic amines is 1. The first-order chi connectivity index (χ1) is 18.8. The van der Waals surface area contributed by atoms with Crippen LogP contribution in [0.4, 0.5) is 18.0 Å². The van der Waals surface area contributed by atoms with Gasteiger partial charge in [0.15, 0.2) is 0 Å². The molecule has 2 aromatic carbocycles. The number of H-pyrrole nitrogens is 1. The van der Waals surface area contributed by atoms with Crippen LogP contribution in [0, 0.1) is 0 Å². The van der Waals surface area contributed by atoms with Crippen molar-refractivity contribution in [3.8, 4) is 0 Å². The van der Waals surface area contributed by atoms with Crippen molar-refractivity contribution in [1.82, 2.24) is 20.1 Å². The molecule has 1 aromatic heterocycles. The van der Waals surface area contributed by atoms with E-state index in [-0.39, 0.29) is 31.8 Å². The number of hydrogen-bond donors (Lipinski definition) is 2. The summed E-state index contributed by atoms with van der Waals surface area (Å²) in [6.45, 7) is 6.49. The molecule has 0 unspecified atom stereocenters. The van der Waals surface area contributed by atoms with Gasteiger partial charge >= 0.3 is 12.3 Å². The van der Waals surface area contributed by atoms with Crippen molar-refractivity contribution < 1.29 is 32.3 Å². The summed E-state index contributed by atoms with van der Waals surface area (Å²) in [4.78, 5) is 45.4. The number of alkyl halides is 3. The van der Waals surface area contributed by atoms with Gasteiger partial charge in [-0.25, -0.2) is 4.79 Å². The average Bonchev–Trinajstić information content (AvgIpc) is 3.29. The molecule has 0 aliphatic carbocycles. The van der Waals surface area contributed by atoms with E-state index in [1.54, 1.807) is 36.8 Å². The molecule has 1 atom stereocenters. The van der Waals surface area contributed by atoms with Crippen LogP contribution in [0.15, 0.2) is 54.7 Å². The first kappa shape index (κ1) is 29.0. The third-order valence-electron chi connectivity index (χ3n) is 6.62. The van der Waals surface area contributed by atoms with Crippen LogP contribution in [0.2, 0.25) is 0 Å². The van der Waals surface area contributed by atoms with Gasteiger partial charge in [0.1, 0.15) is 11.6 Å². The first-order valence-electron chi connectivity index (χ1n) is 13.1. The lowest BCUT2D eigenvalue weighted by molar-refractivity contribution is -0.138. The van der Waals surface area contributed by atoms with Gasteiger partial charge in [0.2, 0.25) is 11.8 Å². The predicted octanol–water partition coefficient (Wildman–Crippen LogP) is 4.54. The predicted molar refractivity (Wildman–Crippen MR) is 143 cm³/mol. The Morgan fingerprint density at radius 1 is 0.950 bits per heavy atom. The van der Waals surface area contributed by atoms with Gasteiger partial charge in [-0.15, -0.1) is 0 Å². The first-order valence-corrected chi connectivity index (χ1v) is 13.1. The summed E-state index contributed by atoms with van der Waals surface area (Å²) < 4.78 is 44.1. The van der Waals surface area contributed by atoms with E-state index in [2.05, 4.69) is 10.3 Å². The molecular weight excluding hydrogens is 525 g/mol. The quantitative estimate of drug-likeness (QED) is 0.465. The van der Waals surface area contributed by atoms with E-state index in [0.29, 0.717) is 18.7 Å². The van der Waals surface area contributed by atoms with Crippen molar-refractivity contribution in [2.24, 2.45) is 0 Å². The van der Waals surface area contributed by atoms with E-state index in [9.17, 15) is 27.6 Å². The van der Waals surface area contributed by atoms with Crippen LogP contribution in [0.1, 0.15) is 37.5 Å². The fourth-order valence-corrected chi connectivity index (χ4v) is 4.62. The molecule has 0 saturated carbocycles. The largest absolute Gasteiger partial charge is 0.444 e. The maximum Gasteiger partial charge on any atom is 0.416 e. The molecule has 3 amide bonds. The number of halogens is 3. The minimum atomic E-state index is -4.47. The van der Waals surface area contributed by atoms with Crippen LogP contribution in [0.5, 0.6) is 0 Å². The van der Waals surface area contributed by atoms with Gasteiger partial charge < -0.3 is 24.8 Å². The smallest absolute Gasteiger partial charge is 0.416 e. The number of ether oxygens (including phenoxy) is 1. The number of hydrogen-bond acceptors (Lipinski definition) is 4.